The van der Waals surface area contributed by atoms with Gasteiger partial charge in [0.15, 0.2) is 5.16 Å². The van der Waals surface area contributed by atoms with Crippen molar-refractivity contribution in [2.24, 2.45) is 5.92 Å². The normalized spacial score (nSPS) is 17.0. The number of hydrogen-bond acceptors (Lipinski definition) is 5. The highest BCUT2D eigenvalue weighted by Crippen LogP contribution is 2.36. The molecule has 0 fully saturated rings. The first-order valence-electron chi connectivity index (χ1n) is 8.55. The second kappa shape index (κ2) is 6.94. The van der Waals surface area contributed by atoms with E-state index in [1.54, 1.807) is 15.9 Å². The number of aliphatic hydroxyl groups excluding tert-OH is 1. The molecule has 25 heavy (non-hydrogen) atoms. The minimum absolute atomic E-state index is 0.0173. The van der Waals surface area contributed by atoms with Crippen LogP contribution in [0.3, 0.4) is 0 Å². The molecule has 3 aromatic rings. The number of rotatable bonds is 4. The van der Waals surface area contributed by atoms with Crippen molar-refractivity contribution < 1.29 is 5.11 Å². The Hall–Kier alpha value is -1.63. The van der Waals surface area contributed by atoms with Gasteiger partial charge in [0.1, 0.15) is 4.83 Å². The average molecular weight is 373 g/mol. The number of fused-ring (bicyclic) bond motifs is 3. The number of nitrogens with zero attached hydrogens (tertiary/aromatic N) is 2. The Morgan fingerprint density at radius 1 is 1.36 bits per heavy atom. The van der Waals surface area contributed by atoms with E-state index in [1.807, 2.05) is 30.3 Å². The van der Waals surface area contributed by atoms with Crippen LogP contribution in [0.15, 0.2) is 40.3 Å². The van der Waals surface area contributed by atoms with Crippen molar-refractivity contribution in [3.8, 4) is 5.69 Å². The highest BCUT2D eigenvalue weighted by Gasteiger charge is 2.25. The third-order valence-corrected chi connectivity index (χ3v) is 6.70. The first-order valence-corrected chi connectivity index (χ1v) is 10.4. The van der Waals surface area contributed by atoms with Crippen molar-refractivity contribution in [2.75, 3.05) is 12.4 Å². The fourth-order valence-electron chi connectivity index (χ4n) is 3.41. The number of benzene rings is 1. The minimum atomic E-state index is 0.0173. The van der Waals surface area contributed by atoms with Crippen molar-refractivity contribution in [2.45, 2.75) is 31.3 Å². The van der Waals surface area contributed by atoms with Crippen molar-refractivity contribution >= 4 is 33.3 Å². The Morgan fingerprint density at radius 2 is 2.16 bits per heavy atom. The zero-order chi connectivity index (χ0) is 17.4. The molecular weight excluding hydrogens is 352 g/mol. The van der Waals surface area contributed by atoms with Crippen molar-refractivity contribution in [3.63, 3.8) is 0 Å². The molecule has 0 saturated heterocycles. The van der Waals surface area contributed by atoms with Crippen molar-refractivity contribution in [1.82, 2.24) is 9.55 Å². The van der Waals surface area contributed by atoms with Gasteiger partial charge < -0.3 is 5.11 Å². The van der Waals surface area contributed by atoms with E-state index in [4.69, 9.17) is 4.98 Å². The van der Waals surface area contributed by atoms with Crippen molar-refractivity contribution in [1.29, 1.82) is 0 Å². The molecule has 1 aliphatic rings. The zero-order valence-electron chi connectivity index (χ0n) is 14.1. The molecule has 0 spiro atoms. The van der Waals surface area contributed by atoms with Gasteiger partial charge in [-0.05, 0) is 42.9 Å². The number of aromatic nitrogens is 2. The second-order valence-electron chi connectivity index (χ2n) is 6.47. The maximum Gasteiger partial charge on any atom is 0.267 e. The van der Waals surface area contributed by atoms with Crippen LogP contribution in [0.2, 0.25) is 0 Å². The van der Waals surface area contributed by atoms with Gasteiger partial charge in [-0.15, -0.1) is 11.3 Å². The largest absolute Gasteiger partial charge is 0.396 e. The molecule has 6 heteroatoms. The molecule has 130 valence electrons. The van der Waals surface area contributed by atoms with Gasteiger partial charge in [-0.2, -0.15) is 0 Å². The predicted molar refractivity (Wildman–Crippen MR) is 104 cm³/mol. The van der Waals surface area contributed by atoms with Gasteiger partial charge in [-0.1, -0.05) is 36.9 Å². The Morgan fingerprint density at radius 3 is 2.92 bits per heavy atom. The van der Waals surface area contributed by atoms with Crippen molar-refractivity contribution in [3.05, 3.63) is 51.1 Å². The molecule has 2 heterocycles. The summed E-state index contributed by atoms with van der Waals surface area (Å²) in [6, 6.07) is 9.65. The van der Waals surface area contributed by atoms with E-state index in [0.29, 0.717) is 16.8 Å². The van der Waals surface area contributed by atoms with E-state index in [2.05, 4.69) is 6.92 Å². The Labute approximate surface area is 154 Å². The topological polar surface area (TPSA) is 55.1 Å². The first-order chi connectivity index (χ1) is 12.2. The minimum Gasteiger partial charge on any atom is -0.396 e. The third kappa shape index (κ3) is 3.03. The van der Waals surface area contributed by atoms with Crippen LogP contribution >= 0.6 is 23.1 Å². The van der Waals surface area contributed by atoms with Gasteiger partial charge in [0.25, 0.3) is 5.56 Å². The number of hydrogen-bond donors (Lipinski definition) is 1. The molecule has 0 radical (unpaired) electrons. The number of thioether (sulfide) groups is 1. The lowest BCUT2D eigenvalue weighted by Crippen LogP contribution is -2.22. The van der Waals surface area contributed by atoms with E-state index < -0.39 is 0 Å². The summed E-state index contributed by atoms with van der Waals surface area (Å²) >= 11 is 3.09. The van der Waals surface area contributed by atoms with E-state index in [1.165, 1.54) is 22.2 Å². The van der Waals surface area contributed by atoms with E-state index in [0.717, 1.165) is 35.2 Å². The predicted octanol–water partition coefficient (Wildman–Crippen LogP) is 3.66. The van der Waals surface area contributed by atoms with E-state index >= 15 is 0 Å². The molecule has 1 N–H and O–H groups in total. The van der Waals surface area contributed by atoms with Crippen LogP contribution in [-0.4, -0.2) is 27.0 Å². The maximum absolute atomic E-state index is 13.4. The van der Waals surface area contributed by atoms with Crippen LogP contribution in [-0.2, 0) is 12.8 Å². The van der Waals surface area contributed by atoms with Gasteiger partial charge in [-0.25, -0.2) is 4.98 Å². The molecule has 4 nitrogen and oxygen atoms in total. The molecule has 1 aliphatic carbocycles. The molecule has 0 amide bonds. The van der Waals surface area contributed by atoms with Gasteiger partial charge in [0.05, 0.1) is 17.7 Å². The lowest BCUT2D eigenvalue weighted by molar-refractivity contribution is 0.322. The van der Waals surface area contributed by atoms with Crippen LogP contribution in [0.25, 0.3) is 15.9 Å². The number of para-hydroxylation sites is 1. The van der Waals surface area contributed by atoms with E-state index in [9.17, 15) is 9.90 Å². The number of aliphatic hydroxyl groups is 1. The lowest BCUT2D eigenvalue weighted by Gasteiger charge is -2.17. The van der Waals surface area contributed by atoms with Gasteiger partial charge >= 0.3 is 0 Å². The molecule has 0 aliphatic heterocycles. The standard InChI is InChI=1S/C19H20N2O2S2/c1-12-7-8-14-15(11-12)25-17-16(14)18(23)21(13-5-3-2-4-6-13)19(20-17)24-10-9-22/h2-6,12,22H,7-11H2,1H3/t12-/m0/s1. The summed E-state index contributed by atoms with van der Waals surface area (Å²) in [5, 5.41) is 10.7. The monoisotopic (exact) mass is 372 g/mol. The first kappa shape index (κ1) is 16.8. The summed E-state index contributed by atoms with van der Waals surface area (Å²) in [6.45, 7) is 2.33. The van der Waals surface area contributed by atoms with Crippen LogP contribution in [0.1, 0.15) is 23.8 Å². The fourth-order valence-corrected chi connectivity index (χ4v) is 5.59. The molecule has 4 rings (SSSR count). The Bertz CT molecular complexity index is 963. The molecular formula is C19H20N2O2S2. The van der Waals surface area contributed by atoms with Crippen LogP contribution in [0, 0.1) is 5.92 Å². The summed E-state index contributed by atoms with van der Waals surface area (Å²) in [6.07, 6.45) is 3.14. The Balaban J connectivity index is 1.98. The number of thiophene rings is 1. The summed E-state index contributed by atoms with van der Waals surface area (Å²) in [5.41, 5.74) is 2.05. The molecule has 0 bridgehead atoms. The molecule has 0 unspecified atom stereocenters. The zero-order valence-corrected chi connectivity index (χ0v) is 15.7. The summed E-state index contributed by atoms with van der Waals surface area (Å²) in [4.78, 5) is 20.4. The fraction of sp³-hybridized carbons (Fsp3) is 0.368. The molecule has 1 atom stereocenters. The highest BCUT2D eigenvalue weighted by molar-refractivity contribution is 7.99. The SMILES string of the molecule is C[C@H]1CCc2c(sc3nc(SCCO)n(-c4ccccc4)c(=O)c23)C1. The summed E-state index contributed by atoms with van der Waals surface area (Å²) in [7, 11) is 0. The van der Waals surface area contributed by atoms with Crippen LogP contribution < -0.4 is 5.56 Å². The van der Waals surface area contributed by atoms with Crippen LogP contribution in [0.4, 0.5) is 0 Å². The Kier molecular flexibility index (Phi) is 4.67. The summed E-state index contributed by atoms with van der Waals surface area (Å²) in [5.74, 6) is 1.19. The third-order valence-electron chi connectivity index (χ3n) is 4.64. The lowest BCUT2D eigenvalue weighted by atomic mass is 9.89. The summed E-state index contributed by atoms with van der Waals surface area (Å²) < 4.78 is 1.70. The van der Waals surface area contributed by atoms with Crippen LogP contribution in [0.5, 0.6) is 0 Å². The molecule has 0 saturated carbocycles. The smallest absolute Gasteiger partial charge is 0.267 e. The maximum atomic E-state index is 13.4. The van der Waals surface area contributed by atoms with Gasteiger partial charge in [0, 0.05) is 10.6 Å². The van der Waals surface area contributed by atoms with Gasteiger partial charge in [-0.3, -0.25) is 9.36 Å². The number of aryl methyl sites for hydroxylation is 1. The quantitative estimate of drug-likeness (QED) is 0.561. The molecule has 2 aromatic heterocycles. The van der Waals surface area contributed by atoms with Gasteiger partial charge in [0.2, 0.25) is 0 Å². The second-order valence-corrected chi connectivity index (χ2v) is 8.62. The van der Waals surface area contributed by atoms with E-state index in [-0.39, 0.29) is 12.2 Å². The highest BCUT2D eigenvalue weighted by atomic mass is 32.2. The average Bonchev–Trinajstić information content (AvgIpc) is 2.98. The molecule has 1 aromatic carbocycles.